The van der Waals surface area contributed by atoms with E-state index in [0.717, 1.165) is 11.6 Å². The van der Waals surface area contributed by atoms with E-state index in [2.05, 4.69) is 10.1 Å². The molecule has 0 aliphatic carbocycles. The number of hydrogen-bond donors (Lipinski definition) is 1. The van der Waals surface area contributed by atoms with Crippen molar-refractivity contribution in [3.63, 3.8) is 0 Å². The second-order valence-electron chi connectivity index (χ2n) is 8.18. The first-order chi connectivity index (χ1) is 15.8. The first-order valence-electron chi connectivity index (χ1n) is 11.1. The summed E-state index contributed by atoms with van der Waals surface area (Å²) in [5.41, 5.74) is 0.895. The van der Waals surface area contributed by atoms with E-state index in [4.69, 9.17) is 4.74 Å². The Morgan fingerprint density at radius 2 is 1.88 bits per heavy atom. The minimum atomic E-state index is -0.846. The van der Waals surface area contributed by atoms with Gasteiger partial charge in [-0.05, 0) is 42.9 Å². The molecule has 1 aliphatic rings. The lowest BCUT2D eigenvalue weighted by Crippen LogP contribution is -2.51. The molecule has 1 aromatic rings. The molecular formula is C25H32N2O6. The molecule has 178 valence electrons. The van der Waals surface area contributed by atoms with Crippen LogP contribution in [-0.2, 0) is 28.7 Å². The maximum Gasteiger partial charge on any atom is 0.330 e. The molecule has 2 rings (SSSR count). The van der Waals surface area contributed by atoms with E-state index in [1.165, 1.54) is 24.2 Å². The number of carbonyl (C=O) groups is 4. The molecule has 1 aromatic carbocycles. The van der Waals surface area contributed by atoms with E-state index < -0.39 is 24.0 Å². The number of likely N-dealkylation sites (tertiary alicyclic amines) is 1. The van der Waals surface area contributed by atoms with Gasteiger partial charge in [0, 0.05) is 18.7 Å². The van der Waals surface area contributed by atoms with Gasteiger partial charge in [0.1, 0.15) is 18.7 Å². The molecule has 0 aromatic heterocycles. The average molecular weight is 457 g/mol. The highest BCUT2D eigenvalue weighted by Crippen LogP contribution is 2.19. The number of nitrogens with zero attached hydrogens (tertiary/aromatic N) is 1. The number of esters is 2. The fraction of sp³-hybridized carbons (Fsp3) is 0.440. The highest BCUT2D eigenvalue weighted by atomic mass is 16.5. The van der Waals surface area contributed by atoms with E-state index in [9.17, 15) is 19.2 Å². The van der Waals surface area contributed by atoms with Gasteiger partial charge in [-0.1, -0.05) is 44.2 Å². The highest BCUT2D eigenvalue weighted by molar-refractivity contribution is 5.96. The average Bonchev–Trinajstić information content (AvgIpc) is 3.30. The van der Waals surface area contributed by atoms with Crippen molar-refractivity contribution in [1.29, 1.82) is 0 Å². The number of ether oxygens (including phenoxy) is 2. The zero-order chi connectivity index (χ0) is 24.2. The predicted molar refractivity (Wildman–Crippen MR) is 124 cm³/mol. The number of rotatable bonds is 10. The number of benzene rings is 1. The van der Waals surface area contributed by atoms with Crippen molar-refractivity contribution >= 4 is 29.8 Å². The van der Waals surface area contributed by atoms with Gasteiger partial charge in [0.2, 0.25) is 11.8 Å². The molecular weight excluding hydrogens is 424 g/mol. The third-order valence-electron chi connectivity index (χ3n) is 5.14. The van der Waals surface area contributed by atoms with Crippen molar-refractivity contribution in [3.05, 3.63) is 54.1 Å². The molecule has 1 heterocycles. The van der Waals surface area contributed by atoms with Crippen molar-refractivity contribution in [2.45, 2.75) is 45.2 Å². The molecule has 33 heavy (non-hydrogen) atoms. The van der Waals surface area contributed by atoms with Crippen LogP contribution >= 0.6 is 0 Å². The van der Waals surface area contributed by atoms with Crippen LogP contribution in [0.1, 0.15) is 38.7 Å². The summed E-state index contributed by atoms with van der Waals surface area (Å²) < 4.78 is 9.66. The fourth-order valence-electron chi connectivity index (χ4n) is 3.53. The molecule has 8 heteroatoms. The Hall–Kier alpha value is -3.42. The second kappa shape index (κ2) is 13.2. The van der Waals surface area contributed by atoms with E-state index >= 15 is 0 Å². The largest absolute Gasteiger partial charge is 0.466 e. The molecule has 1 fully saturated rings. The van der Waals surface area contributed by atoms with Crippen LogP contribution in [0.15, 0.2) is 48.6 Å². The van der Waals surface area contributed by atoms with Crippen LogP contribution in [0, 0.1) is 5.92 Å². The lowest BCUT2D eigenvalue weighted by atomic mass is 10.0. The van der Waals surface area contributed by atoms with Crippen molar-refractivity contribution in [1.82, 2.24) is 10.2 Å². The molecule has 0 radical (unpaired) electrons. The Kier molecular flexibility index (Phi) is 10.3. The summed E-state index contributed by atoms with van der Waals surface area (Å²) >= 11 is 0. The van der Waals surface area contributed by atoms with Gasteiger partial charge in [-0.2, -0.15) is 0 Å². The van der Waals surface area contributed by atoms with Gasteiger partial charge in [0.05, 0.1) is 7.11 Å². The molecule has 8 nitrogen and oxygen atoms in total. The van der Waals surface area contributed by atoms with Crippen molar-refractivity contribution in [3.8, 4) is 0 Å². The smallest absolute Gasteiger partial charge is 0.330 e. The van der Waals surface area contributed by atoms with Crippen LogP contribution in [0.5, 0.6) is 0 Å². The summed E-state index contributed by atoms with van der Waals surface area (Å²) in [6.45, 7) is 4.23. The highest BCUT2D eigenvalue weighted by Gasteiger charge is 2.35. The van der Waals surface area contributed by atoms with E-state index in [-0.39, 0.29) is 24.3 Å². The van der Waals surface area contributed by atoms with Gasteiger partial charge < -0.3 is 19.7 Å². The Bertz CT molecular complexity index is 878. The molecule has 2 atom stereocenters. The van der Waals surface area contributed by atoms with Crippen LogP contribution in [0.2, 0.25) is 0 Å². The number of amides is 2. The molecule has 1 aliphatic heterocycles. The van der Waals surface area contributed by atoms with Crippen LogP contribution in [0.4, 0.5) is 0 Å². The molecule has 2 amide bonds. The lowest BCUT2D eigenvalue weighted by Gasteiger charge is -2.26. The zero-order valence-corrected chi connectivity index (χ0v) is 19.4. The molecule has 1 N–H and O–H groups in total. The SMILES string of the molecule is COC(=O)/C=C/COC(=O)[C@H](CC(C)C)NC(=O)[C@@H]1CCCN1C(=O)/C=C/c1ccccc1. The Morgan fingerprint density at radius 1 is 1.15 bits per heavy atom. The molecule has 0 saturated carbocycles. The Balaban J connectivity index is 1.99. The summed E-state index contributed by atoms with van der Waals surface area (Å²) in [4.78, 5) is 50.9. The summed E-state index contributed by atoms with van der Waals surface area (Å²) in [6.07, 6.45) is 7.34. The van der Waals surface area contributed by atoms with Crippen LogP contribution in [0.25, 0.3) is 6.08 Å². The van der Waals surface area contributed by atoms with Gasteiger partial charge in [0.25, 0.3) is 0 Å². The molecule has 0 unspecified atom stereocenters. The normalized spacial score (nSPS) is 16.8. The van der Waals surface area contributed by atoms with E-state index in [1.807, 2.05) is 44.2 Å². The van der Waals surface area contributed by atoms with Crippen LogP contribution in [-0.4, -0.2) is 61.0 Å². The van der Waals surface area contributed by atoms with Gasteiger partial charge in [-0.15, -0.1) is 0 Å². The first kappa shape index (κ1) is 25.8. The minimum Gasteiger partial charge on any atom is -0.466 e. The minimum absolute atomic E-state index is 0.114. The van der Waals surface area contributed by atoms with Crippen molar-refractivity contribution in [2.75, 3.05) is 20.3 Å². The van der Waals surface area contributed by atoms with Gasteiger partial charge in [-0.25, -0.2) is 9.59 Å². The standard InChI is InChI=1S/C25H32N2O6/c1-18(2)17-20(25(31)33-16-8-12-23(29)32-3)26-24(30)21-11-7-15-27(21)22(28)14-13-19-9-5-4-6-10-19/h4-6,8-10,12-14,18,20-21H,7,11,15-17H2,1-3H3,(H,26,30)/b12-8+,14-13+/t20-,21-/m0/s1. The second-order valence-corrected chi connectivity index (χ2v) is 8.18. The van der Waals surface area contributed by atoms with E-state index in [0.29, 0.717) is 25.8 Å². The number of methoxy groups -OCH3 is 1. The third-order valence-corrected chi connectivity index (χ3v) is 5.14. The van der Waals surface area contributed by atoms with E-state index in [1.54, 1.807) is 6.08 Å². The monoisotopic (exact) mass is 456 g/mol. The van der Waals surface area contributed by atoms with Crippen molar-refractivity contribution < 1.29 is 28.7 Å². The predicted octanol–water partition coefficient (Wildman–Crippen LogP) is 2.49. The summed E-state index contributed by atoms with van der Waals surface area (Å²) in [7, 11) is 1.25. The topological polar surface area (TPSA) is 102 Å². The first-order valence-corrected chi connectivity index (χ1v) is 11.1. The van der Waals surface area contributed by atoms with Crippen LogP contribution < -0.4 is 5.32 Å². The number of carbonyl (C=O) groups excluding carboxylic acids is 4. The fourth-order valence-corrected chi connectivity index (χ4v) is 3.53. The summed E-state index contributed by atoms with van der Waals surface area (Å²) in [5.74, 6) is -1.63. The van der Waals surface area contributed by atoms with Gasteiger partial charge >= 0.3 is 11.9 Å². The Morgan fingerprint density at radius 3 is 2.55 bits per heavy atom. The number of nitrogens with one attached hydrogen (secondary N) is 1. The Labute approximate surface area is 194 Å². The maximum absolute atomic E-state index is 13.0. The molecule has 1 saturated heterocycles. The van der Waals surface area contributed by atoms with Crippen LogP contribution in [0.3, 0.4) is 0 Å². The molecule has 0 bridgehead atoms. The zero-order valence-electron chi connectivity index (χ0n) is 19.4. The maximum atomic E-state index is 13.0. The van der Waals surface area contributed by atoms with Gasteiger partial charge in [-0.3, -0.25) is 9.59 Å². The quantitative estimate of drug-likeness (QED) is 0.429. The summed E-state index contributed by atoms with van der Waals surface area (Å²) in [6, 6.07) is 7.96. The van der Waals surface area contributed by atoms with Gasteiger partial charge in [0.15, 0.2) is 0 Å². The molecule has 0 spiro atoms. The number of hydrogen-bond acceptors (Lipinski definition) is 6. The summed E-state index contributed by atoms with van der Waals surface area (Å²) in [5, 5.41) is 2.76. The van der Waals surface area contributed by atoms with Crippen molar-refractivity contribution in [2.24, 2.45) is 5.92 Å². The lowest BCUT2D eigenvalue weighted by molar-refractivity contribution is -0.148. The third kappa shape index (κ3) is 8.56.